The van der Waals surface area contributed by atoms with Crippen LogP contribution in [-0.2, 0) is 23.6 Å². The van der Waals surface area contributed by atoms with E-state index in [1.54, 1.807) is 19.1 Å². The van der Waals surface area contributed by atoms with E-state index in [0.29, 0.717) is 32.8 Å². The fourth-order valence-electron chi connectivity index (χ4n) is 2.67. The van der Waals surface area contributed by atoms with Gasteiger partial charge in [0.1, 0.15) is 11.4 Å². The Hall–Kier alpha value is -1.08. The third-order valence-corrected chi connectivity index (χ3v) is 6.06. The molecule has 9 heteroatoms. The van der Waals surface area contributed by atoms with Gasteiger partial charge in [-0.15, -0.1) is 4.68 Å². The van der Waals surface area contributed by atoms with Crippen molar-refractivity contribution in [2.24, 2.45) is 14.1 Å². The molecule has 0 aliphatic heterocycles. The number of halogens is 3. The average molecular weight is 453 g/mol. The number of ether oxygens (including phenoxy) is 2. The van der Waals surface area contributed by atoms with Crippen LogP contribution in [-0.4, -0.2) is 29.6 Å². The molecule has 1 unspecified atom stereocenters. The number of nitrogens with zero attached hydrogens (tertiary/aromatic N) is 2. The fraction of sp³-hybridized carbons (Fsp3) is 0.444. The first kappa shape index (κ1) is 22.2. The van der Waals surface area contributed by atoms with Crippen molar-refractivity contribution in [1.29, 1.82) is 0 Å². The van der Waals surface area contributed by atoms with Crippen LogP contribution in [0.5, 0.6) is 5.75 Å². The summed E-state index contributed by atoms with van der Waals surface area (Å²) in [6.07, 6.45) is 1.65. The van der Waals surface area contributed by atoms with Gasteiger partial charge in [0, 0.05) is 5.56 Å². The summed E-state index contributed by atoms with van der Waals surface area (Å²) in [6, 6.07) is 3.30. The van der Waals surface area contributed by atoms with Gasteiger partial charge >= 0.3 is 5.97 Å². The van der Waals surface area contributed by atoms with Gasteiger partial charge in [-0.2, -0.15) is 4.68 Å². The lowest BCUT2D eigenvalue weighted by Gasteiger charge is -2.18. The summed E-state index contributed by atoms with van der Waals surface area (Å²) < 4.78 is 14.7. The Kier molecular flexibility index (Phi) is 7.74. The molecule has 5 nitrogen and oxygen atoms in total. The highest BCUT2D eigenvalue weighted by Crippen LogP contribution is 2.41. The lowest BCUT2D eigenvalue weighted by molar-refractivity contribution is -0.783. The van der Waals surface area contributed by atoms with Gasteiger partial charge in [0.05, 0.1) is 23.7 Å². The van der Waals surface area contributed by atoms with Crippen LogP contribution in [0.4, 0.5) is 0 Å². The summed E-state index contributed by atoms with van der Waals surface area (Å²) >= 11 is 20.9. The Morgan fingerprint density at radius 1 is 1.26 bits per heavy atom. The van der Waals surface area contributed by atoms with Crippen molar-refractivity contribution in [2.75, 3.05) is 12.9 Å². The second kappa shape index (κ2) is 9.41. The smallest absolute Gasteiger partial charge is 0.347 e. The van der Waals surface area contributed by atoms with E-state index in [9.17, 15) is 4.79 Å². The summed E-state index contributed by atoms with van der Waals surface area (Å²) in [4.78, 5) is 12.1. The lowest BCUT2D eigenvalue weighted by Crippen LogP contribution is -2.39. The topological polar surface area (TPSA) is 44.3 Å². The summed E-state index contributed by atoms with van der Waals surface area (Å²) in [5.41, 5.74) is 1.40. The predicted molar refractivity (Wildman–Crippen MR) is 110 cm³/mol. The van der Waals surface area contributed by atoms with Crippen molar-refractivity contribution in [2.45, 2.75) is 31.4 Å². The van der Waals surface area contributed by atoms with E-state index in [1.165, 1.54) is 11.8 Å². The summed E-state index contributed by atoms with van der Waals surface area (Å²) in [7, 11) is 3.80. The molecule has 0 aliphatic carbocycles. The maximum Gasteiger partial charge on any atom is 0.347 e. The van der Waals surface area contributed by atoms with E-state index < -0.39 is 12.1 Å². The number of carbonyl (C=O) groups excluding carboxylic acids is 1. The van der Waals surface area contributed by atoms with Gasteiger partial charge in [-0.25, -0.2) is 4.79 Å². The molecular formula is C18H22Cl3N2O3S+. The zero-order valence-electron chi connectivity index (χ0n) is 15.8. The average Bonchev–Trinajstić information content (AvgIpc) is 2.83. The third-order valence-electron chi connectivity index (χ3n) is 4.12. The van der Waals surface area contributed by atoms with Crippen molar-refractivity contribution in [3.63, 3.8) is 0 Å². The minimum Gasteiger partial charge on any atom is -0.477 e. The van der Waals surface area contributed by atoms with Crippen molar-refractivity contribution >= 4 is 52.5 Å². The number of hydrogen-bond acceptors (Lipinski definition) is 4. The molecule has 0 fully saturated rings. The highest BCUT2D eigenvalue weighted by molar-refractivity contribution is 7.98. The first-order valence-corrected chi connectivity index (χ1v) is 10.7. The maximum atomic E-state index is 12.1. The molecule has 0 bridgehead atoms. The van der Waals surface area contributed by atoms with E-state index in [2.05, 4.69) is 0 Å². The van der Waals surface area contributed by atoms with Gasteiger partial charge in [0.25, 0.3) is 5.03 Å². The molecule has 1 heterocycles. The molecule has 0 saturated heterocycles. The van der Waals surface area contributed by atoms with E-state index in [0.717, 1.165) is 10.7 Å². The third kappa shape index (κ3) is 4.50. The molecule has 1 aromatic carbocycles. The standard InChI is InChI=1S/C18H22Cl3N2O3S/c1-6-13(18(24)25-7-2)26-14-8-10(11(19)9-12(14)20)16-15(21)17(27-5)23(4)22(16)3/h8-9,13H,6-7H2,1-5H3/q+1. The molecule has 0 spiro atoms. The fourth-order valence-corrected chi connectivity index (χ4v) is 4.43. The molecule has 0 N–H and O–H groups in total. The first-order chi connectivity index (χ1) is 12.8. The summed E-state index contributed by atoms with van der Waals surface area (Å²) in [5.74, 6) is -0.0814. The number of thioether (sulfide) groups is 1. The van der Waals surface area contributed by atoms with Gasteiger partial charge < -0.3 is 9.47 Å². The van der Waals surface area contributed by atoms with E-state index in [1.807, 2.05) is 36.6 Å². The molecule has 27 heavy (non-hydrogen) atoms. The minimum atomic E-state index is -0.752. The van der Waals surface area contributed by atoms with Crippen LogP contribution in [0, 0.1) is 0 Å². The van der Waals surface area contributed by atoms with Crippen molar-refractivity contribution in [3.8, 4) is 17.0 Å². The Balaban J connectivity index is 2.53. The number of carbonyl (C=O) groups is 1. The normalized spacial score (nSPS) is 12.1. The van der Waals surface area contributed by atoms with Gasteiger partial charge in [-0.05, 0) is 31.7 Å². The van der Waals surface area contributed by atoms with Gasteiger partial charge in [-0.3, -0.25) is 0 Å². The van der Waals surface area contributed by atoms with Crippen LogP contribution in [0.1, 0.15) is 20.3 Å². The Morgan fingerprint density at radius 3 is 2.44 bits per heavy atom. The number of aromatic nitrogens is 2. The Morgan fingerprint density at radius 2 is 1.93 bits per heavy atom. The zero-order valence-corrected chi connectivity index (χ0v) is 18.9. The van der Waals surface area contributed by atoms with E-state index in [-0.39, 0.29) is 6.61 Å². The molecule has 148 valence electrons. The minimum absolute atomic E-state index is 0.283. The molecule has 0 amide bonds. The first-order valence-electron chi connectivity index (χ1n) is 8.37. The molecule has 2 aromatic rings. The zero-order chi connectivity index (χ0) is 20.3. The summed E-state index contributed by atoms with van der Waals surface area (Å²) in [5, 5.41) is 2.24. The number of hydrogen-bond donors (Lipinski definition) is 0. The van der Waals surface area contributed by atoms with Gasteiger partial charge in [0.15, 0.2) is 18.2 Å². The van der Waals surface area contributed by atoms with Crippen LogP contribution in [0.3, 0.4) is 0 Å². The Labute approximate surface area is 178 Å². The van der Waals surface area contributed by atoms with Crippen LogP contribution in [0.15, 0.2) is 17.2 Å². The molecule has 1 aromatic heterocycles. The van der Waals surface area contributed by atoms with Crippen molar-refractivity contribution in [1.82, 2.24) is 4.68 Å². The molecule has 0 radical (unpaired) electrons. The largest absolute Gasteiger partial charge is 0.477 e. The van der Waals surface area contributed by atoms with Crippen LogP contribution in [0.2, 0.25) is 15.1 Å². The quantitative estimate of drug-likeness (QED) is 0.340. The van der Waals surface area contributed by atoms with Crippen molar-refractivity contribution in [3.05, 3.63) is 27.2 Å². The molecule has 0 aliphatic rings. The van der Waals surface area contributed by atoms with Gasteiger partial charge in [-0.1, -0.05) is 53.5 Å². The molecule has 0 saturated carbocycles. The monoisotopic (exact) mass is 451 g/mol. The molecule has 1 atom stereocenters. The van der Waals surface area contributed by atoms with Crippen LogP contribution < -0.4 is 9.42 Å². The van der Waals surface area contributed by atoms with Crippen LogP contribution in [0.25, 0.3) is 11.3 Å². The lowest BCUT2D eigenvalue weighted by atomic mass is 10.1. The van der Waals surface area contributed by atoms with Crippen LogP contribution >= 0.6 is 46.6 Å². The highest BCUT2D eigenvalue weighted by atomic mass is 35.5. The van der Waals surface area contributed by atoms with Gasteiger partial charge in [0.2, 0.25) is 0 Å². The molecule has 2 rings (SSSR count). The second-order valence-electron chi connectivity index (χ2n) is 5.75. The van der Waals surface area contributed by atoms with E-state index >= 15 is 0 Å². The summed E-state index contributed by atoms with van der Waals surface area (Å²) in [6.45, 7) is 3.87. The SMILES string of the molecule is CCOC(=O)C(CC)Oc1cc(-c2c(Cl)c(SC)[n+](C)n2C)c(Cl)cc1Cl. The molecular weight excluding hydrogens is 431 g/mol. The maximum absolute atomic E-state index is 12.1. The number of benzene rings is 1. The van der Waals surface area contributed by atoms with Crippen molar-refractivity contribution < 1.29 is 19.0 Å². The number of rotatable bonds is 7. The highest BCUT2D eigenvalue weighted by Gasteiger charge is 2.28. The Bertz CT molecular complexity index is 855. The number of esters is 1. The second-order valence-corrected chi connectivity index (χ2v) is 7.74. The predicted octanol–water partition coefficient (Wildman–Crippen LogP) is 4.92. The van der Waals surface area contributed by atoms with E-state index in [4.69, 9.17) is 44.3 Å².